The van der Waals surface area contributed by atoms with Crippen molar-refractivity contribution < 1.29 is 4.74 Å². The quantitative estimate of drug-likeness (QED) is 0.207. The van der Waals surface area contributed by atoms with Crippen molar-refractivity contribution in [1.29, 1.82) is 0 Å². The summed E-state index contributed by atoms with van der Waals surface area (Å²) in [7, 11) is 1.71. The van der Waals surface area contributed by atoms with Gasteiger partial charge in [-0.05, 0) is 88.7 Å². The average molecular weight is 500 g/mol. The van der Waals surface area contributed by atoms with Crippen molar-refractivity contribution in [3.63, 3.8) is 0 Å². The van der Waals surface area contributed by atoms with Gasteiger partial charge in [-0.25, -0.2) is 4.98 Å². The fraction of sp³-hybridized carbons (Fsp3) is 0.265. The topological polar surface area (TPSA) is 51.4 Å². The molecular formula is C34H33N3O. The number of aromatic nitrogens is 1. The van der Waals surface area contributed by atoms with Crippen LogP contribution in [0, 0.1) is 11.8 Å². The van der Waals surface area contributed by atoms with Crippen LogP contribution in [0.5, 0.6) is 5.75 Å². The van der Waals surface area contributed by atoms with Gasteiger partial charge in [-0.2, -0.15) is 0 Å². The second-order valence-electron chi connectivity index (χ2n) is 10.9. The lowest BCUT2D eigenvalue weighted by atomic mass is 9.73. The summed E-state index contributed by atoms with van der Waals surface area (Å²) in [5.74, 6) is 2.06. The third-order valence-electron chi connectivity index (χ3n) is 9.00. The van der Waals surface area contributed by atoms with Crippen molar-refractivity contribution in [2.75, 3.05) is 20.2 Å². The molecule has 0 amide bonds. The standard InChI is InChI=1S/C34H33N3O/c1-3-21-20-37-15-14-22(21)17-32(37)34(35)29-19-31(36-30-13-12-25(38-2)18-28(29)30)33-26-10-6-4-8-23(26)16-24-9-5-7-11-27(24)33/h3-13,16,18-19,21-22,32,34H,1,14-15,17,20,35H2,2H3/t21?,22?,32?,34-/m1/s1. The van der Waals surface area contributed by atoms with E-state index in [2.05, 4.69) is 90.4 Å². The van der Waals surface area contributed by atoms with Crippen molar-refractivity contribution in [3.8, 4) is 17.0 Å². The van der Waals surface area contributed by atoms with Gasteiger partial charge in [-0.1, -0.05) is 54.6 Å². The van der Waals surface area contributed by atoms with E-state index in [9.17, 15) is 0 Å². The number of rotatable bonds is 5. The summed E-state index contributed by atoms with van der Waals surface area (Å²) >= 11 is 0. The maximum absolute atomic E-state index is 7.24. The summed E-state index contributed by atoms with van der Waals surface area (Å²) in [6, 6.07) is 28.1. The minimum absolute atomic E-state index is 0.124. The molecule has 2 N–H and O–H groups in total. The SMILES string of the molecule is C=CC1CN2CCC1CC2[C@H](N)c1cc(-c2c3ccccc3cc3ccccc23)nc2ccc(OC)cc12. The smallest absolute Gasteiger partial charge is 0.119 e. The minimum Gasteiger partial charge on any atom is -0.497 e. The van der Waals surface area contributed by atoms with Crippen LogP contribution in [0.25, 0.3) is 43.7 Å². The Kier molecular flexibility index (Phi) is 5.68. The van der Waals surface area contributed by atoms with Crippen LogP contribution in [-0.4, -0.2) is 36.1 Å². The molecule has 190 valence electrons. The molecule has 3 saturated heterocycles. The van der Waals surface area contributed by atoms with Gasteiger partial charge in [0.1, 0.15) is 5.75 Å². The Balaban J connectivity index is 1.46. The second kappa shape index (κ2) is 9.23. The molecule has 3 fully saturated rings. The van der Waals surface area contributed by atoms with Crippen molar-refractivity contribution >= 4 is 32.4 Å². The molecule has 4 heterocycles. The molecule has 4 nitrogen and oxygen atoms in total. The highest BCUT2D eigenvalue weighted by molar-refractivity contribution is 6.12. The van der Waals surface area contributed by atoms with Gasteiger partial charge in [-0.15, -0.1) is 6.58 Å². The van der Waals surface area contributed by atoms with E-state index in [-0.39, 0.29) is 6.04 Å². The molecule has 8 rings (SSSR count). The number of nitrogens with two attached hydrogens (primary N) is 1. The van der Waals surface area contributed by atoms with Gasteiger partial charge in [0.25, 0.3) is 0 Å². The summed E-state index contributed by atoms with van der Waals surface area (Å²) in [6.07, 6.45) is 4.49. The van der Waals surface area contributed by atoms with Gasteiger partial charge >= 0.3 is 0 Å². The number of ether oxygens (including phenoxy) is 1. The Labute approximate surface area is 223 Å². The number of methoxy groups -OCH3 is 1. The molecule has 0 spiro atoms. The first-order chi connectivity index (χ1) is 18.6. The first-order valence-electron chi connectivity index (χ1n) is 13.7. The Bertz CT molecular complexity index is 1640. The molecule has 38 heavy (non-hydrogen) atoms. The van der Waals surface area contributed by atoms with Gasteiger partial charge in [0.05, 0.1) is 18.3 Å². The maximum Gasteiger partial charge on any atom is 0.119 e. The van der Waals surface area contributed by atoms with Gasteiger partial charge in [-0.3, -0.25) is 4.90 Å². The highest BCUT2D eigenvalue weighted by Gasteiger charge is 2.41. The van der Waals surface area contributed by atoms with E-state index in [1.54, 1.807) is 7.11 Å². The number of fused-ring (bicyclic) bond motifs is 6. The fourth-order valence-electron chi connectivity index (χ4n) is 7.01. The third-order valence-corrected chi connectivity index (χ3v) is 9.00. The number of hydrogen-bond donors (Lipinski definition) is 1. The highest BCUT2D eigenvalue weighted by atomic mass is 16.5. The van der Waals surface area contributed by atoms with Crippen LogP contribution in [0.1, 0.15) is 24.4 Å². The average Bonchev–Trinajstić information content (AvgIpc) is 2.98. The van der Waals surface area contributed by atoms with Crippen LogP contribution >= 0.6 is 0 Å². The zero-order valence-corrected chi connectivity index (χ0v) is 21.8. The lowest BCUT2D eigenvalue weighted by Crippen LogP contribution is -2.56. The summed E-state index contributed by atoms with van der Waals surface area (Å²) in [6.45, 7) is 6.27. The van der Waals surface area contributed by atoms with Crippen molar-refractivity contribution in [3.05, 3.63) is 97.1 Å². The largest absolute Gasteiger partial charge is 0.497 e. The van der Waals surface area contributed by atoms with Crippen molar-refractivity contribution in [2.45, 2.75) is 24.9 Å². The molecule has 0 aliphatic carbocycles. The molecule has 4 unspecified atom stereocenters. The molecule has 4 aromatic carbocycles. The van der Waals surface area contributed by atoms with Gasteiger partial charge in [0.2, 0.25) is 0 Å². The van der Waals surface area contributed by atoms with Crippen LogP contribution in [0.2, 0.25) is 0 Å². The predicted molar refractivity (Wildman–Crippen MR) is 157 cm³/mol. The molecule has 5 aromatic rings. The summed E-state index contributed by atoms with van der Waals surface area (Å²) < 4.78 is 5.62. The Hall–Kier alpha value is -3.73. The molecular weight excluding hydrogens is 466 g/mol. The van der Waals surface area contributed by atoms with E-state index in [1.807, 2.05) is 6.07 Å². The third kappa shape index (κ3) is 3.71. The monoisotopic (exact) mass is 499 g/mol. The number of nitrogens with zero attached hydrogens (tertiary/aromatic N) is 2. The Morgan fingerprint density at radius 2 is 1.71 bits per heavy atom. The molecule has 5 atom stereocenters. The van der Waals surface area contributed by atoms with Crippen LogP contribution in [0.15, 0.2) is 91.5 Å². The van der Waals surface area contributed by atoms with E-state index in [4.69, 9.17) is 15.5 Å². The van der Waals surface area contributed by atoms with Gasteiger partial charge in [0.15, 0.2) is 0 Å². The highest BCUT2D eigenvalue weighted by Crippen LogP contribution is 2.43. The van der Waals surface area contributed by atoms with Crippen molar-refractivity contribution in [1.82, 2.24) is 9.88 Å². The fourth-order valence-corrected chi connectivity index (χ4v) is 7.01. The molecule has 0 radical (unpaired) electrons. The zero-order chi connectivity index (χ0) is 25.8. The first-order valence-corrected chi connectivity index (χ1v) is 13.7. The van der Waals surface area contributed by atoms with Crippen LogP contribution in [0.4, 0.5) is 0 Å². The molecule has 0 saturated carbocycles. The second-order valence-corrected chi connectivity index (χ2v) is 10.9. The molecule has 1 aromatic heterocycles. The van der Waals surface area contributed by atoms with Crippen molar-refractivity contribution in [2.24, 2.45) is 17.6 Å². The minimum atomic E-state index is -0.124. The van der Waals surface area contributed by atoms with Gasteiger partial charge in [0, 0.05) is 29.6 Å². The Morgan fingerprint density at radius 3 is 2.37 bits per heavy atom. The van der Waals surface area contributed by atoms with E-state index < -0.39 is 0 Å². The lowest BCUT2D eigenvalue weighted by Gasteiger charge is -2.51. The zero-order valence-electron chi connectivity index (χ0n) is 21.8. The van der Waals surface area contributed by atoms with E-state index in [0.29, 0.717) is 17.9 Å². The molecule has 3 aliphatic heterocycles. The summed E-state index contributed by atoms with van der Waals surface area (Å²) in [5, 5.41) is 5.93. The normalized spacial score (nSPS) is 23.6. The number of pyridine rings is 1. The summed E-state index contributed by atoms with van der Waals surface area (Å²) in [5.41, 5.74) is 11.5. The van der Waals surface area contributed by atoms with Gasteiger partial charge < -0.3 is 10.5 Å². The number of benzene rings is 4. The van der Waals surface area contributed by atoms with E-state index >= 15 is 0 Å². The lowest BCUT2D eigenvalue weighted by molar-refractivity contribution is 0.00750. The number of piperidine rings is 3. The van der Waals surface area contributed by atoms with Crippen LogP contribution in [0.3, 0.4) is 0 Å². The van der Waals surface area contributed by atoms with E-state index in [0.717, 1.165) is 47.4 Å². The number of hydrogen-bond acceptors (Lipinski definition) is 4. The molecule has 2 bridgehead atoms. The summed E-state index contributed by atoms with van der Waals surface area (Å²) in [4.78, 5) is 7.84. The van der Waals surface area contributed by atoms with Crippen LogP contribution < -0.4 is 10.5 Å². The predicted octanol–water partition coefficient (Wildman–Crippen LogP) is 7.11. The van der Waals surface area contributed by atoms with Crippen LogP contribution in [-0.2, 0) is 0 Å². The van der Waals surface area contributed by atoms with E-state index in [1.165, 1.54) is 33.5 Å². The molecule has 3 aliphatic rings. The molecule has 4 heteroatoms. The maximum atomic E-state index is 7.24. The Morgan fingerprint density at radius 1 is 0.974 bits per heavy atom. The first kappa shape index (κ1) is 23.4.